The fourth-order valence-corrected chi connectivity index (χ4v) is 2.81. The minimum absolute atomic E-state index is 0.198. The minimum Gasteiger partial charge on any atom is -0.445 e. The summed E-state index contributed by atoms with van der Waals surface area (Å²) in [6.45, 7) is 1.96. The van der Waals surface area contributed by atoms with Crippen LogP contribution in [-0.4, -0.2) is 17.2 Å². The first-order chi connectivity index (χ1) is 12.1. The Balaban J connectivity index is 1.64. The maximum Gasteiger partial charge on any atom is 0.407 e. The van der Waals surface area contributed by atoms with Crippen molar-refractivity contribution in [1.29, 1.82) is 0 Å². The number of carbonyl (C=O) groups is 1. The van der Waals surface area contributed by atoms with Gasteiger partial charge in [0.05, 0.1) is 12.1 Å². The third-order valence-corrected chi connectivity index (χ3v) is 4.17. The number of rotatable bonds is 5. The van der Waals surface area contributed by atoms with Gasteiger partial charge in [-0.15, -0.1) is 0 Å². The molecule has 3 aromatic rings. The van der Waals surface area contributed by atoms with Gasteiger partial charge in [0, 0.05) is 0 Å². The van der Waals surface area contributed by atoms with Crippen LogP contribution < -0.4 is 5.32 Å². The van der Waals surface area contributed by atoms with Gasteiger partial charge in [0.25, 0.3) is 0 Å². The van der Waals surface area contributed by atoms with E-state index in [1.165, 1.54) is 0 Å². The number of ether oxygens (including phenoxy) is 1. The lowest BCUT2D eigenvalue weighted by Gasteiger charge is -2.21. The standard InChI is InChI=1S/C21H21NO3/c1-15(22-21(24)25-14-16-8-3-2-4-9-16)20(23)19-13-7-11-17-10-5-6-12-18(17)19/h2-13,15,20,23H,14H2,1H3,(H,22,24)/t15-,20?/m0/s1. The highest BCUT2D eigenvalue weighted by Crippen LogP contribution is 2.26. The van der Waals surface area contributed by atoms with Crippen LogP contribution in [0.1, 0.15) is 24.2 Å². The summed E-state index contributed by atoms with van der Waals surface area (Å²) in [7, 11) is 0. The summed E-state index contributed by atoms with van der Waals surface area (Å²) in [4.78, 5) is 12.0. The summed E-state index contributed by atoms with van der Waals surface area (Å²) in [5.41, 5.74) is 1.70. The second kappa shape index (κ2) is 7.81. The molecule has 0 aliphatic rings. The van der Waals surface area contributed by atoms with Crippen molar-refractivity contribution in [1.82, 2.24) is 5.32 Å². The molecular formula is C21H21NO3. The molecule has 1 unspecified atom stereocenters. The molecule has 0 aliphatic carbocycles. The van der Waals surface area contributed by atoms with Crippen molar-refractivity contribution in [3.8, 4) is 0 Å². The highest BCUT2D eigenvalue weighted by molar-refractivity contribution is 5.86. The first-order valence-corrected chi connectivity index (χ1v) is 8.28. The quantitative estimate of drug-likeness (QED) is 0.735. The Morgan fingerprint density at radius 1 is 1.00 bits per heavy atom. The molecule has 4 nitrogen and oxygen atoms in total. The van der Waals surface area contributed by atoms with Crippen LogP contribution in [0.4, 0.5) is 4.79 Å². The van der Waals surface area contributed by atoms with Gasteiger partial charge in [-0.2, -0.15) is 0 Å². The summed E-state index contributed by atoms with van der Waals surface area (Å²) in [5, 5.41) is 15.4. The van der Waals surface area contributed by atoms with E-state index in [2.05, 4.69) is 5.32 Å². The van der Waals surface area contributed by atoms with Crippen molar-refractivity contribution in [2.45, 2.75) is 25.7 Å². The summed E-state index contributed by atoms with van der Waals surface area (Å²) in [6.07, 6.45) is -1.37. The molecule has 3 aromatic carbocycles. The number of hydrogen-bond acceptors (Lipinski definition) is 3. The van der Waals surface area contributed by atoms with Crippen LogP contribution in [0, 0.1) is 0 Å². The van der Waals surface area contributed by atoms with Crippen molar-refractivity contribution in [2.24, 2.45) is 0 Å². The van der Waals surface area contributed by atoms with E-state index < -0.39 is 18.2 Å². The maximum atomic E-state index is 12.0. The molecule has 0 fully saturated rings. The number of nitrogens with one attached hydrogen (secondary N) is 1. The molecule has 0 radical (unpaired) electrons. The molecule has 0 aromatic heterocycles. The van der Waals surface area contributed by atoms with Gasteiger partial charge >= 0.3 is 6.09 Å². The average Bonchev–Trinajstić information content (AvgIpc) is 2.66. The van der Waals surface area contributed by atoms with Gasteiger partial charge in [-0.3, -0.25) is 0 Å². The van der Waals surface area contributed by atoms with Gasteiger partial charge in [0.2, 0.25) is 0 Å². The monoisotopic (exact) mass is 335 g/mol. The number of benzene rings is 3. The van der Waals surface area contributed by atoms with Gasteiger partial charge in [-0.25, -0.2) is 4.79 Å². The van der Waals surface area contributed by atoms with Gasteiger partial charge in [0.15, 0.2) is 0 Å². The fraction of sp³-hybridized carbons (Fsp3) is 0.190. The molecule has 4 heteroatoms. The molecule has 1 amide bonds. The van der Waals surface area contributed by atoms with Crippen molar-refractivity contribution in [3.63, 3.8) is 0 Å². The van der Waals surface area contributed by atoms with Crippen LogP contribution in [0.2, 0.25) is 0 Å². The number of alkyl carbamates (subject to hydrolysis) is 1. The van der Waals surface area contributed by atoms with Crippen molar-refractivity contribution >= 4 is 16.9 Å². The zero-order valence-corrected chi connectivity index (χ0v) is 14.1. The normalized spacial score (nSPS) is 13.2. The first-order valence-electron chi connectivity index (χ1n) is 8.28. The predicted octanol–water partition coefficient (Wildman–Crippen LogP) is 4.19. The maximum absolute atomic E-state index is 12.0. The molecule has 0 heterocycles. The minimum atomic E-state index is -0.824. The lowest BCUT2D eigenvalue weighted by atomic mass is 9.97. The van der Waals surface area contributed by atoms with Crippen LogP contribution in [0.25, 0.3) is 10.8 Å². The highest BCUT2D eigenvalue weighted by Gasteiger charge is 2.20. The van der Waals surface area contributed by atoms with Crippen molar-refractivity contribution in [2.75, 3.05) is 0 Å². The Morgan fingerprint density at radius 2 is 1.68 bits per heavy atom. The number of hydrogen-bond donors (Lipinski definition) is 2. The van der Waals surface area contributed by atoms with E-state index >= 15 is 0 Å². The summed E-state index contributed by atoms with van der Waals surface area (Å²) >= 11 is 0. The molecule has 0 saturated heterocycles. The van der Waals surface area contributed by atoms with Crippen LogP contribution in [0.15, 0.2) is 72.8 Å². The zero-order valence-electron chi connectivity index (χ0n) is 14.1. The Bertz CT molecular complexity index is 843. The highest BCUT2D eigenvalue weighted by atomic mass is 16.5. The number of fused-ring (bicyclic) bond motifs is 1. The summed E-state index contributed by atoms with van der Waals surface area (Å²) < 4.78 is 5.21. The third-order valence-electron chi connectivity index (χ3n) is 4.17. The van der Waals surface area contributed by atoms with Crippen LogP contribution in [0.5, 0.6) is 0 Å². The molecule has 2 N–H and O–H groups in total. The summed E-state index contributed by atoms with van der Waals surface area (Å²) in [5.74, 6) is 0. The smallest absolute Gasteiger partial charge is 0.407 e. The number of aliphatic hydroxyl groups excluding tert-OH is 1. The SMILES string of the molecule is C[C@H](NC(=O)OCc1ccccc1)C(O)c1cccc2ccccc12. The van der Waals surface area contributed by atoms with Gasteiger partial charge in [-0.1, -0.05) is 72.8 Å². The van der Waals surface area contributed by atoms with E-state index in [-0.39, 0.29) is 6.61 Å². The zero-order chi connectivity index (χ0) is 17.6. The molecule has 128 valence electrons. The first kappa shape index (κ1) is 17.0. The largest absolute Gasteiger partial charge is 0.445 e. The van der Waals surface area contributed by atoms with E-state index in [1.54, 1.807) is 6.92 Å². The lowest BCUT2D eigenvalue weighted by molar-refractivity contribution is 0.107. The van der Waals surface area contributed by atoms with E-state index in [9.17, 15) is 9.90 Å². The Morgan fingerprint density at radius 3 is 2.48 bits per heavy atom. The Labute approximate surface area is 147 Å². The number of carbonyl (C=O) groups excluding carboxylic acids is 1. The van der Waals surface area contributed by atoms with Crippen molar-refractivity contribution in [3.05, 3.63) is 83.9 Å². The molecule has 0 saturated carbocycles. The van der Waals surface area contributed by atoms with Crippen LogP contribution >= 0.6 is 0 Å². The topological polar surface area (TPSA) is 58.6 Å². The second-order valence-corrected chi connectivity index (χ2v) is 6.01. The molecule has 2 atom stereocenters. The molecule has 0 spiro atoms. The van der Waals surface area contributed by atoms with Crippen molar-refractivity contribution < 1.29 is 14.6 Å². The van der Waals surface area contributed by atoms with Crippen LogP contribution in [0.3, 0.4) is 0 Å². The summed E-state index contributed by atoms with van der Waals surface area (Å²) in [6, 6.07) is 22.6. The molecular weight excluding hydrogens is 314 g/mol. The molecule has 0 aliphatic heterocycles. The molecule has 25 heavy (non-hydrogen) atoms. The van der Waals surface area contributed by atoms with Gasteiger partial charge in [0.1, 0.15) is 6.61 Å². The second-order valence-electron chi connectivity index (χ2n) is 6.01. The number of aliphatic hydroxyl groups is 1. The molecule has 3 rings (SSSR count). The van der Waals surface area contributed by atoms with E-state index in [0.717, 1.165) is 21.9 Å². The Hall–Kier alpha value is -2.85. The van der Waals surface area contributed by atoms with Crippen LogP contribution in [-0.2, 0) is 11.3 Å². The van der Waals surface area contributed by atoms with Gasteiger partial charge in [-0.05, 0) is 28.8 Å². The fourth-order valence-electron chi connectivity index (χ4n) is 2.81. The van der Waals surface area contributed by atoms with E-state index in [1.807, 2.05) is 72.8 Å². The average molecular weight is 335 g/mol. The van der Waals surface area contributed by atoms with E-state index in [4.69, 9.17) is 4.74 Å². The number of amides is 1. The van der Waals surface area contributed by atoms with Gasteiger partial charge < -0.3 is 15.2 Å². The molecule has 0 bridgehead atoms. The predicted molar refractivity (Wildman–Crippen MR) is 98.1 cm³/mol. The lowest BCUT2D eigenvalue weighted by Crippen LogP contribution is -2.37. The third kappa shape index (κ3) is 4.17. The Kier molecular flexibility index (Phi) is 5.31. The van der Waals surface area contributed by atoms with E-state index in [0.29, 0.717) is 0 Å².